The number of nitrogens with one attached hydrogen (secondary N) is 2. The Balaban J connectivity index is 2.44. The Morgan fingerprint density at radius 1 is 1.40 bits per heavy atom. The van der Waals surface area contributed by atoms with Crippen LogP contribution in [0.5, 0.6) is 0 Å². The lowest BCUT2D eigenvalue weighted by Gasteiger charge is -2.26. The predicted molar refractivity (Wildman–Crippen MR) is 99.6 cm³/mol. The van der Waals surface area contributed by atoms with Gasteiger partial charge in [-0.1, -0.05) is 6.92 Å². The summed E-state index contributed by atoms with van der Waals surface area (Å²) >= 11 is 0. The number of carbonyl (C=O) groups is 1. The van der Waals surface area contributed by atoms with Crippen LogP contribution in [-0.2, 0) is 11.3 Å². The molecule has 0 saturated heterocycles. The first-order valence-corrected chi connectivity index (χ1v) is 8.70. The van der Waals surface area contributed by atoms with Crippen molar-refractivity contribution in [3.05, 3.63) is 24.2 Å². The van der Waals surface area contributed by atoms with E-state index in [1.807, 2.05) is 39.8 Å². The molecule has 0 aliphatic carbocycles. The van der Waals surface area contributed by atoms with E-state index in [1.54, 1.807) is 18.2 Å². The number of furan rings is 1. The molecule has 0 aromatic carbocycles. The number of ether oxygens (including phenoxy) is 1. The van der Waals surface area contributed by atoms with Gasteiger partial charge in [0.15, 0.2) is 5.96 Å². The van der Waals surface area contributed by atoms with Crippen molar-refractivity contribution in [3.8, 4) is 0 Å². The van der Waals surface area contributed by atoms with Crippen LogP contribution in [0.3, 0.4) is 0 Å². The maximum Gasteiger partial charge on any atom is 0.410 e. The van der Waals surface area contributed by atoms with Crippen LogP contribution in [0.25, 0.3) is 0 Å². The smallest absolute Gasteiger partial charge is 0.410 e. The molecule has 0 fully saturated rings. The Morgan fingerprint density at radius 3 is 2.68 bits per heavy atom. The number of nitrogens with zero attached hydrogens (tertiary/aromatic N) is 2. The van der Waals surface area contributed by atoms with Crippen molar-refractivity contribution in [2.24, 2.45) is 10.9 Å². The predicted octanol–water partition coefficient (Wildman–Crippen LogP) is 2.84. The summed E-state index contributed by atoms with van der Waals surface area (Å²) in [6, 6.07) is 3.74. The third kappa shape index (κ3) is 9.02. The Kier molecular flexibility index (Phi) is 8.31. The average Bonchev–Trinajstić information content (AvgIpc) is 3.01. The number of hydrogen-bond acceptors (Lipinski definition) is 4. The quantitative estimate of drug-likeness (QED) is 0.583. The van der Waals surface area contributed by atoms with Crippen molar-refractivity contribution >= 4 is 12.1 Å². The lowest BCUT2D eigenvalue weighted by molar-refractivity contribution is 0.0278. The van der Waals surface area contributed by atoms with Gasteiger partial charge in [0.2, 0.25) is 0 Å². The molecule has 7 nitrogen and oxygen atoms in total. The molecule has 25 heavy (non-hydrogen) atoms. The molecule has 0 aliphatic heterocycles. The zero-order valence-electron chi connectivity index (χ0n) is 16.3. The van der Waals surface area contributed by atoms with E-state index in [1.165, 1.54) is 0 Å². The number of carbonyl (C=O) groups excluding carboxylic acids is 1. The van der Waals surface area contributed by atoms with E-state index >= 15 is 0 Å². The highest BCUT2D eigenvalue weighted by atomic mass is 16.6. The molecule has 1 aromatic heterocycles. The summed E-state index contributed by atoms with van der Waals surface area (Å²) in [6.45, 7) is 12.2. The van der Waals surface area contributed by atoms with Gasteiger partial charge in [-0.25, -0.2) is 9.79 Å². The zero-order chi connectivity index (χ0) is 18.9. The number of rotatable bonds is 7. The summed E-state index contributed by atoms with van der Waals surface area (Å²) in [5.41, 5.74) is -0.483. The van der Waals surface area contributed by atoms with Crippen LogP contribution in [-0.4, -0.2) is 49.2 Å². The standard InChI is InChI=1S/C18H32N4O3/c1-7-19-16(21-12-15-9-8-10-24-15)20-11-14(2)13-22(6)17(23)25-18(3,4)5/h8-10,14H,7,11-13H2,1-6H3,(H2,19,20,21). The van der Waals surface area contributed by atoms with Gasteiger partial charge >= 0.3 is 6.09 Å². The topological polar surface area (TPSA) is 79.1 Å². The fourth-order valence-electron chi connectivity index (χ4n) is 2.12. The summed E-state index contributed by atoms with van der Waals surface area (Å²) in [5, 5.41) is 6.49. The van der Waals surface area contributed by atoms with E-state index in [0.29, 0.717) is 19.6 Å². The second kappa shape index (κ2) is 9.96. The molecule has 0 radical (unpaired) electrons. The molecule has 0 spiro atoms. The maximum absolute atomic E-state index is 12.0. The molecule has 0 bridgehead atoms. The number of guanidine groups is 1. The van der Waals surface area contributed by atoms with Crippen molar-refractivity contribution in [1.82, 2.24) is 15.5 Å². The minimum Gasteiger partial charge on any atom is -0.467 e. The van der Waals surface area contributed by atoms with Gasteiger partial charge in [-0.3, -0.25) is 0 Å². The second-order valence-corrected chi connectivity index (χ2v) is 7.12. The number of amides is 1. The highest BCUT2D eigenvalue weighted by molar-refractivity contribution is 5.79. The van der Waals surface area contributed by atoms with Crippen molar-refractivity contribution < 1.29 is 13.9 Å². The van der Waals surface area contributed by atoms with Crippen LogP contribution in [0.4, 0.5) is 4.79 Å². The van der Waals surface area contributed by atoms with Crippen molar-refractivity contribution in [1.29, 1.82) is 0 Å². The molecule has 1 aromatic rings. The fourth-order valence-corrected chi connectivity index (χ4v) is 2.12. The van der Waals surface area contributed by atoms with E-state index < -0.39 is 5.60 Å². The van der Waals surface area contributed by atoms with Crippen molar-refractivity contribution in [3.63, 3.8) is 0 Å². The van der Waals surface area contributed by atoms with Gasteiger partial charge in [-0.2, -0.15) is 0 Å². The lowest BCUT2D eigenvalue weighted by Crippen LogP contribution is -2.42. The van der Waals surface area contributed by atoms with Crippen LogP contribution < -0.4 is 10.6 Å². The third-order valence-corrected chi connectivity index (χ3v) is 3.23. The van der Waals surface area contributed by atoms with E-state index in [0.717, 1.165) is 18.3 Å². The van der Waals surface area contributed by atoms with Crippen LogP contribution >= 0.6 is 0 Å². The first-order valence-electron chi connectivity index (χ1n) is 8.70. The van der Waals surface area contributed by atoms with Gasteiger partial charge in [-0.05, 0) is 45.7 Å². The van der Waals surface area contributed by atoms with E-state index in [-0.39, 0.29) is 12.0 Å². The van der Waals surface area contributed by atoms with Crippen LogP contribution in [0.2, 0.25) is 0 Å². The molecule has 7 heteroatoms. The highest BCUT2D eigenvalue weighted by Gasteiger charge is 2.20. The molecule has 1 amide bonds. The molecule has 1 rings (SSSR count). The Bertz CT molecular complexity index is 535. The third-order valence-electron chi connectivity index (χ3n) is 3.23. The minimum atomic E-state index is -0.483. The van der Waals surface area contributed by atoms with Gasteiger partial charge < -0.3 is 24.7 Å². The Labute approximate surface area is 150 Å². The van der Waals surface area contributed by atoms with Gasteiger partial charge in [0, 0.05) is 26.7 Å². The SMILES string of the molecule is CCNC(=NCc1ccco1)NCC(C)CN(C)C(=O)OC(C)(C)C. The fraction of sp³-hybridized carbons (Fsp3) is 0.667. The molecular formula is C18H32N4O3. The first kappa shape index (κ1) is 20.9. The summed E-state index contributed by atoms with van der Waals surface area (Å²) in [7, 11) is 1.75. The van der Waals surface area contributed by atoms with Crippen LogP contribution in [0.1, 0.15) is 40.4 Å². The molecule has 1 unspecified atom stereocenters. The van der Waals surface area contributed by atoms with Crippen molar-refractivity contribution in [2.75, 3.05) is 26.7 Å². The molecule has 1 atom stereocenters. The first-order chi connectivity index (χ1) is 11.7. The molecular weight excluding hydrogens is 320 g/mol. The largest absolute Gasteiger partial charge is 0.467 e. The lowest BCUT2D eigenvalue weighted by atomic mass is 10.1. The Hall–Kier alpha value is -2.18. The number of aliphatic imine (C=N–C) groups is 1. The van der Waals surface area contributed by atoms with Gasteiger partial charge in [0.1, 0.15) is 17.9 Å². The highest BCUT2D eigenvalue weighted by Crippen LogP contribution is 2.10. The van der Waals surface area contributed by atoms with E-state index in [9.17, 15) is 4.79 Å². The molecule has 2 N–H and O–H groups in total. The normalized spacial score (nSPS) is 13.3. The minimum absolute atomic E-state index is 0.241. The Morgan fingerprint density at radius 2 is 2.12 bits per heavy atom. The summed E-state index contributed by atoms with van der Waals surface area (Å²) in [4.78, 5) is 18.1. The van der Waals surface area contributed by atoms with Crippen LogP contribution in [0.15, 0.2) is 27.8 Å². The number of hydrogen-bond donors (Lipinski definition) is 2. The van der Waals surface area contributed by atoms with E-state index in [4.69, 9.17) is 9.15 Å². The van der Waals surface area contributed by atoms with E-state index in [2.05, 4.69) is 22.5 Å². The van der Waals surface area contributed by atoms with Crippen LogP contribution in [0, 0.1) is 5.92 Å². The van der Waals surface area contributed by atoms with Gasteiger partial charge in [-0.15, -0.1) is 0 Å². The molecule has 142 valence electrons. The molecule has 0 saturated carbocycles. The monoisotopic (exact) mass is 352 g/mol. The average molecular weight is 352 g/mol. The zero-order valence-corrected chi connectivity index (χ0v) is 16.3. The van der Waals surface area contributed by atoms with Crippen molar-refractivity contribution in [2.45, 2.75) is 46.8 Å². The van der Waals surface area contributed by atoms with Gasteiger partial charge in [0.05, 0.1) is 6.26 Å². The second-order valence-electron chi connectivity index (χ2n) is 7.12. The molecule has 1 heterocycles. The summed E-state index contributed by atoms with van der Waals surface area (Å²) in [5.74, 6) is 1.78. The molecule has 0 aliphatic rings. The maximum atomic E-state index is 12.0. The summed E-state index contributed by atoms with van der Waals surface area (Å²) in [6.07, 6.45) is 1.33. The summed E-state index contributed by atoms with van der Waals surface area (Å²) < 4.78 is 10.7. The van der Waals surface area contributed by atoms with Gasteiger partial charge in [0.25, 0.3) is 0 Å².